The van der Waals surface area contributed by atoms with Crippen LogP contribution in [0.1, 0.15) is 18.4 Å². The molecule has 4 nitrogen and oxygen atoms in total. The van der Waals surface area contributed by atoms with Crippen molar-refractivity contribution in [2.24, 2.45) is 0 Å². The summed E-state index contributed by atoms with van der Waals surface area (Å²) in [6.07, 6.45) is -0.458. The predicted octanol–water partition coefficient (Wildman–Crippen LogP) is 3.68. The van der Waals surface area contributed by atoms with Crippen molar-refractivity contribution < 1.29 is 8.91 Å². The SMILES string of the molecule is Cl.F[C@@H]1CN[C@@H](c2nc(-c3cccc4ccccc34)no2)C1. The Morgan fingerprint density at radius 2 is 1.95 bits per heavy atom. The van der Waals surface area contributed by atoms with Gasteiger partial charge in [0.05, 0.1) is 6.04 Å². The Bertz CT molecular complexity index is 786. The van der Waals surface area contributed by atoms with Crippen molar-refractivity contribution >= 4 is 23.2 Å². The van der Waals surface area contributed by atoms with Gasteiger partial charge in [-0.15, -0.1) is 12.4 Å². The summed E-state index contributed by atoms with van der Waals surface area (Å²) in [5.74, 6) is 1.00. The number of halogens is 2. The van der Waals surface area contributed by atoms with Crippen molar-refractivity contribution in [1.29, 1.82) is 0 Å². The normalized spacial score (nSPS) is 21.0. The molecule has 6 heteroatoms. The van der Waals surface area contributed by atoms with E-state index in [9.17, 15) is 4.39 Å². The number of hydrogen-bond donors (Lipinski definition) is 1. The second-order valence-electron chi connectivity index (χ2n) is 5.28. The summed E-state index contributed by atoms with van der Waals surface area (Å²) in [5, 5.41) is 9.32. The highest BCUT2D eigenvalue weighted by atomic mass is 35.5. The molecule has 22 heavy (non-hydrogen) atoms. The van der Waals surface area contributed by atoms with Gasteiger partial charge in [-0.3, -0.25) is 0 Å². The van der Waals surface area contributed by atoms with Gasteiger partial charge in [-0.1, -0.05) is 47.6 Å². The van der Waals surface area contributed by atoms with Gasteiger partial charge in [-0.05, 0) is 10.8 Å². The summed E-state index contributed by atoms with van der Waals surface area (Å²) < 4.78 is 18.6. The van der Waals surface area contributed by atoms with Crippen LogP contribution in [0.25, 0.3) is 22.2 Å². The van der Waals surface area contributed by atoms with Crippen LogP contribution in [0.3, 0.4) is 0 Å². The van der Waals surface area contributed by atoms with Gasteiger partial charge in [0.1, 0.15) is 6.17 Å². The van der Waals surface area contributed by atoms with Crippen LogP contribution >= 0.6 is 12.4 Å². The average molecular weight is 320 g/mol. The molecule has 0 saturated carbocycles. The maximum Gasteiger partial charge on any atom is 0.244 e. The second-order valence-corrected chi connectivity index (χ2v) is 5.28. The van der Waals surface area contributed by atoms with Crippen molar-refractivity contribution in [2.45, 2.75) is 18.6 Å². The summed E-state index contributed by atoms with van der Waals surface area (Å²) in [7, 11) is 0. The van der Waals surface area contributed by atoms with Gasteiger partial charge in [-0.2, -0.15) is 4.98 Å². The minimum absolute atomic E-state index is 0. The maximum absolute atomic E-state index is 13.2. The molecular formula is C16H15ClFN3O. The smallest absolute Gasteiger partial charge is 0.244 e. The highest BCUT2D eigenvalue weighted by Gasteiger charge is 2.29. The molecule has 0 amide bonds. The first-order valence-electron chi connectivity index (χ1n) is 7.00. The van der Waals surface area contributed by atoms with Crippen molar-refractivity contribution in [3.63, 3.8) is 0 Å². The maximum atomic E-state index is 13.2. The highest BCUT2D eigenvalue weighted by molar-refractivity contribution is 5.94. The molecule has 0 aliphatic carbocycles. The minimum atomic E-state index is -0.845. The Labute approximate surface area is 133 Å². The van der Waals surface area contributed by atoms with Gasteiger partial charge in [0, 0.05) is 18.5 Å². The number of fused-ring (bicyclic) bond motifs is 1. The summed E-state index contributed by atoms with van der Waals surface area (Å²) in [6.45, 7) is 0.344. The fourth-order valence-corrected chi connectivity index (χ4v) is 2.79. The van der Waals surface area contributed by atoms with Gasteiger partial charge in [0.25, 0.3) is 0 Å². The fourth-order valence-electron chi connectivity index (χ4n) is 2.79. The number of nitrogens with zero attached hydrogens (tertiary/aromatic N) is 2. The van der Waals surface area contributed by atoms with Gasteiger partial charge in [0.15, 0.2) is 0 Å². The van der Waals surface area contributed by atoms with Crippen LogP contribution in [0.4, 0.5) is 4.39 Å². The summed E-state index contributed by atoms with van der Waals surface area (Å²) in [5.41, 5.74) is 0.929. The fraction of sp³-hybridized carbons (Fsp3) is 0.250. The third kappa shape index (κ3) is 2.58. The molecule has 1 saturated heterocycles. The van der Waals surface area contributed by atoms with Crippen LogP contribution < -0.4 is 5.32 Å². The first-order valence-corrected chi connectivity index (χ1v) is 7.00. The molecule has 0 unspecified atom stereocenters. The molecular weight excluding hydrogens is 305 g/mol. The molecule has 1 aliphatic heterocycles. The Hall–Kier alpha value is -1.98. The topological polar surface area (TPSA) is 51.0 Å². The number of aromatic nitrogens is 2. The molecule has 114 valence electrons. The average Bonchev–Trinajstić information content (AvgIpc) is 3.15. The van der Waals surface area contributed by atoms with E-state index in [2.05, 4.69) is 15.5 Å². The van der Waals surface area contributed by atoms with E-state index in [0.717, 1.165) is 16.3 Å². The lowest BCUT2D eigenvalue weighted by Crippen LogP contribution is -2.14. The summed E-state index contributed by atoms with van der Waals surface area (Å²) in [6, 6.07) is 13.9. The zero-order valence-electron chi connectivity index (χ0n) is 11.7. The predicted molar refractivity (Wildman–Crippen MR) is 84.7 cm³/mol. The first-order chi connectivity index (χ1) is 10.3. The van der Waals surface area contributed by atoms with Gasteiger partial charge < -0.3 is 9.84 Å². The third-order valence-electron chi connectivity index (χ3n) is 3.85. The number of hydrogen-bond acceptors (Lipinski definition) is 4. The Balaban J connectivity index is 0.00000144. The second kappa shape index (κ2) is 6.02. The highest BCUT2D eigenvalue weighted by Crippen LogP contribution is 2.29. The van der Waals surface area contributed by atoms with E-state index >= 15 is 0 Å². The van der Waals surface area contributed by atoms with E-state index in [1.165, 1.54) is 0 Å². The number of alkyl halides is 1. The van der Waals surface area contributed by atoms with E-state index in [-0.39, 0.29) is 18.4 Å². The van der Waals surface area contributed by atoms with Crippen LogP contribution in [-0.4, -0.2) is 22.9 Å². The summed E-state index contributed by atoms with van der Waals surface area (Å²) >= 11 is 0. The Morgan fingerprint density at radius 3 is 2.77 bits per heavy atom. The molecule has 4 rings (SSSR count). The molecule has 1 aromatic heterocycles. The van der Waals surface area contributed by atoms with Gasteiger partial charge in [-0.25, -0.2) is 4.39 Å². The minimum Gasteiger partial charge on any atom is -0.337 e. The molecule has 2 aromatic carbocycles. The van der Waals surface area contributed by atoms with E-state index in [0.29, 0.717) is 24.7 Å². The van der Waals surface area contributed by atoms with Crippen molar-refractivity contribution in [3.05, 3.63) is 48.4 Å². The molecule has 1 aliphatic rings. The van der Waals surface area contributed by atoms with Crippen LogP contribution in [0.15, 0.2) is 47.0 Å². The molecule has 1 fully saturated rings. The van der Waals surface area contributed by atoms with Crippen LogP contribution in [0, 0.1) is 0 Å². The number of benzene rings is 2. The van der Waals surface area contributed by atoms with Crippen molar-refractivity contribution in [2.75, 3.05) is 6.54 Å². The Morgan fingerprint density at radius 1 is 1.14 bits per heavy atom. The van der Waals surface area contributed by atoms with Gasteiger partial charge >= 0.3 is 0 Å². The monoisotopic (exact) mass is 319 g/mol. The zero-order chi connectivity index (χ0) is 14.2. The molecule has 2 atom stereocenters. The van der Waals surface area contributed by atoms with Crippen molar-refractivity contribution in [1.82, 2.24) is 15.5 Å². The molecule has 1 N–H and O–H groups in total. The lowest BCUT2D eigenvalue weighted by molar-refractivity contribution is 0.324. The summed E-state index contributed by atoms with van der Waals surface area (Å²) in [4.78, 5) is 4.44. The molecule has 2 heterocycles. The number of rotatable bonds is 2. The standard InChI is InChI=1S/C16H14FN3O.ClH/c17-11-8-14(18-9-11)16-19-15(20-21-16)13-7-3-5-10-4-1-2-6-12(10)13;/h1-7,11,14,18H,8-9H2;1H/t11-,14+;/m0./s1. The zero-order valence-corrected chi connectivity index (χ0v) is 12.5. The van der Waals surface area contributed by atoms with Crippen LogP contribution in [-0.2, 0) is 0 Å². The third-order valence-corrected chi connectivity index (χ3v) is 3.85. The lowest BCUT2D eigenvalue weighted by atomic mass is 10.0. The first kappa shape index (κ1) is 14.9. The quantitative estimate of drug-likeness (QED) is 0.782. The molecule has 0 spiro atoms. The molecule has 0 bridgehead atoms. The van der Waals surface area contributed by atoms with E-state index in [1.807, 2.05) is 42.5 Å². The lowest BCUT2D eigenvalue weighted by Gasteiger charge is -2.02. The van der Waals surface area contributed by atoms with Crippen LogP contribution in [0.2, 0.25) is 0 Å². The largest absolute Gasteiger partial charge is 0.337 e. The van der Waals surface area contributed by atoms with E-state index in [4.69, 9.17) is 4.52 Å². The van der Waals surface area contributed by atoms with Crippen molar-refractivity contribution in [3.8, 4) is 11.4 Å². The van der Waals surface area contributed by atoms with Crippen LogP contribution in [0.5, 0.6) is 0 Å². The molecule has 3 aromatic rings. The number of nitrogens with one attached hydrogen (secondary N) is 1. The van der Waals surface area contributed by atoms with E-state index in [1.54, 1.807) is 0 Å². The van der Waals surface area contributed by atoms with E-state index < -0.39 is 6.17 Å². The molecule has 0 radical (unpaired) electrons. The Kier molecular flexibility index (Phi) is 4.09. The van der Waals surface area contributed by atoms with Gasteiger partial charge in [0.2, 0.25) is 11.7 Å².